The molecule has 21 heavy (non-hydrogen) atoms. The van der Waals surface area contributed by atoms with Gasteiger partial charge in [0, 0.05) is 12.5 Å². The topological polar surface area (TPSA) is 30.5 Å². The number of rotatable bonds is 6. The summed E-state index contributed by atoms with van der Waals surface area (Å²) >= 11 is 0. The molecule has 1 unspecified atom stereocenters. The second-order valence-electron chi connectivity index (χ2n) is 6.49. The van der Waals surface area contributed by atoms with Crippen molar-refractivity contribution < 1.29 is 9.47 Å². The Kier molecular flexibility index (Phi) is 5.51. The zero-order valence-corrected chi connectivity index (χ0v) is 13.9. The van der Waals surface area contributed by atoms with Gasteiger partial charge in [0.1, 0.15) is 0 Å². The Bertz CT molecular complexity index is 457. The van der Waals surface area contributed by atoms with Crippen LogP contribution in [-0.2, 0) is 0 Å². The van der Waals surface area contributed by atoms with E-state index in [1.807, 2.05) is 0 Å². The molecule has 0 aromatic heterocycles. The minimum absolute atomic E-state index is 0.203. The lowest BCUT2D eigenvalue weighted by atomic mass is 9.78. The van der Waals surface area contributed by atoms with Gasteiger partial charge in [0.05, 0.1) is 13.2 Å². The van der Waals surface area contributed by atoms with E-state index < -0.39 is 0 Å². The standard InChI is InChI=1S/C18H29NO2/c1-5-10-19-17(18(3,4)6-2)14-8-9-15-16(13-14)21-12-7-11-20-15/h8-9,13,17,19H,5-7,10-12H2,1-4H3. The predicted molar refractivity (Wildman–Crippen MR) is 87.2 cm³/mol. The van der Waals surface area contributed by atoms with E-state index in [9.17, 15) is 0 Å². The molecule has 2 rings (SSSR count). The molecular formula is C18H29NO2. The first-order valence-corrected chi connectivity index (χ1v) is 8.21. The summed E-state index contributed by atoms with van der Waals surface area (Å²) in [6.07, 6.45) is 3.21. The minimum atomic E-state index is 0.203. The Morgan fingerprint density at radius 1 is 1.14 bits per heavy atom. The van der Waals surface area contributed by atoms with Crippen LogP contribution in [0, 0.1) is 5.41 Å². The number of nitrogens with one attached hydrogen (secondary N) is 1. The van der Waals surface area contributed by atoms with E-state index in [4.69, 9.17) is 9.47 Å². The Balaban J connectivity index is 2.29. The van der Waals surface area contributed by atoms with Gasteiger partial charge in [-0.2, -0.15) is 0 Å². The van der Waals surface area contributed by atoms with Crippen LogP contribution in [0.4, 0.5) is 0 Å². The fourth-order valence-corrected chi connectivity index (χ4v) is 2.70. The largest absolute Gasteiger partial charge is 0.490 e. The van der Waals surface area contributed by atoms with Crippen LogP contribution in [0.1, 0.15) is 58.6 Å². The van der Waals surface area contributed by atoms with Gasteiger partial charge in [-0.05, 0) is 42.5 Å². The molecule has 0 amide bonds. The first kappa shape index (κ1) is 16.2. The maximum Gasteiger partial charge on any atom is 0.161 e. The average Bonchev–Trinajstić information content (AvgIpc) is 2.72. The van der Waals surface area contributed by atoms with E-state index in [2.05, 4.69) is 51.2 Å². The van der Waals surface area contributed by atoms with Gasteiger partial charge in [-0.1, -0.05) is 33.8 Å². The first-order valence-electron chi connectivity index (χ1n) is 8.21. The predicted octanol–water partition coefficient (Wildman–Crippen LogP) is 4.32. The molecule has 0 saturated carbocycles. The molecule has 0 aliphatic carbocycles. The SMILES string of the molecule is CCCNC(c1ccc2c(c1)OCCCO2)C(C)(C)CC. The third kappa shape index (κ3) is 3.91. The van der Waals surface area contributed by atoms with E-state index >= 15 is 0 Å². The van der Waals surface area contributed by atoms with Crippen LogP contribution in [0.25, 0.3) is 0 Å². The summed E-state index contributed by atoms with van der Waals surface area (Å²) in [4.78, 5) is 0. The molecule has 0 spiro atoms. The van der Waals surface area contributed by atoms with Gasteiger partial charge in [-0.15, -0.1) is 0 Å². The molecule has 1 N–H and O–H groups in total. The molecule has 1 aliphatic heterocycles. The van der Waals surface area contributed by atoms with Gasteiger partial charge in [0.15, 0.2) is 11.5 Å². The fraction of sp³-hybridized carbons (Fsp3) is 0.667. The van der Waals surface area contributed by atoms with Crippen molar-refractivity contribution in [2.24, 2.45) is 5.41 Å². The maximum absolute atomic E-state index is 5.84. The van der Waals surface area contributed by atoms with Gasteiger partial charge in [-0.25, -0.2) is 0 Å². The normalized spacial score (nSPS) is 16.4. The molecule has 1 aromatic carbocycles. The first-order chi connectivity index (χ1) is 10.1. The van der Waals surface area contributed by atoms with Crippen molar-refractivity contribution >= 4 is 0 Å². The van der Waals surface area contributed by atoms with Crippen molar-refractivity contribution in [2.45, 2.75) is 53.0 Å². The van der Waals surface area contributed by atoms with E-state index in [-0.39, 0.29) is 5.41 Å². The van der Waals surface area contributed by atoms with Crippen LogP contribution in [0.2, 0.25) is 0 Å². The Labute approximate surface area is 129 Å². The van der Waals surface area contributed by atoms with Crippen molar-refractivity contribution in [1.82, 2.24) is 5.32 Å². The highest BCUT2D eigenvalue weighted by atomic mass is 16.5. The smallest absolute Gasteiger partial charge is 0.161 e. The van der Waals surface area contributed by atoms with Gasteiger partial charge in [0.2, 0.25) is 0 Å². The molecule has 0 bridgehead atoms. The van der Waals surface area contributed by atoms with Crippen LogP contribution in [-0.4, -0.2) is 19.8 Å². The maximum atomic E-state index is 5.84. The molecule has 1 aromatic rings. The molecular weight excluding hydrogens is 262 g/mol. The molecule has 118 valence electrons. The highest BCUT2D eigenvalue weighted by molar-refractivity contribution is 5.44. The summed E-state index contributed by atoms with van der Waals surface area (Å²) in [6.45, 7) is 11.6. The van der Waals surface area contributed by atoms with Crippen molar-refractivity contribution in [3.05, 3.63) is 23.8 Å². The highest BCUT2D eigenvalue weighted by Gasteiger charge is 2.29. The van der Waals surface area contributed by atoms with Crippen LogP contribution in [0.15, 0.2) is 18.2 Å². The molecule has 0 radical (unpaired) electrons. The van der Waals surface area contributed by atoms with Gasteiger partial charge in [-0.3, -0.25) is 0 Å². The lowest BCUT2D eigenvalue weighted by molar-refractivity contribution is 0.234. The van der Waals surface area contributed by atoms with Gasteiger partial charge >= 0.3 is 0 Å². The number of fused-ring (bicyclic) bond motifs is 1. The van der Waals surface area contributed by atoms with Crippen LogP contribution in [0.3, 0.4) is 0 Å². The monoisotopic (exact) mass is 291 g/mol. The molecule has 1 heterocycles. The summed E-state index contributed by atoms with van der Waals surface area (Å²) < 4.78 is 11.6. The fourth-order valence-electron chi connectivity index (χ4n) is 2.70. The Morgan fingerprint density at radius 2 is 1.86 bits per heavy atom. The molecule has 3 nitrogen and oxygen atoms in total. The second-order valence-corrected chi connectivity index (χ2v) is 6.49. The molecule has 1 aliphatic rings. The summed E-state index contributed by atoms with van der Waals surface area (Å²) in [5, 5.41) is 3.70. The molecule has 0 fully saturated rings. The number of ether oxygens (including phenoxy) is 2. The Morgan fingerprint density at radius 3 is 2.52 bits per heavy atom. The zero-order chi connectivity index (χ0) is 15.3. The molecule has 1 atom stereocenters. The lowest BCUT2D eigenvalue weighted by Gasteiger charge is -2.35. The highest BCUT2D eigenvalue weighted by Crippen LogP contribution is 2.40. The summed E-state index contributed by atoms with van der Waals surface area (Å²) in [5.41, 5.74) is 1.49. The third-order valence-electron chi connectivity index (χ3n) is 4.40. The average molecular weight is 291 g/mol. The van der Waals surface area contributed by atoms with Crippen LogP contribution < -0.4 is 14.8 Å². The lowest BCUT2D eigenvalue weighted by Crippen LogP contribution is -2.34. The third-order valence-corrected chi connectivity index (χ3v) is 4.40. The number of hydrogen-bond acceptors (Lipinski definition) is 3. The second kappa shape index (κ2) is 7.17. The van der Waals surface area contributed by atoms with Crippen molar-refractivity contribution in [1.29, 1.82) is 0 Å². The quantitative estimate of drug-likeness (QED) is 0.846. The minimum Gasteiger partial charge on any atom is -0.490 e. The molecule has 3 heteroatoms. The van der Waals surface area contributed by atoms with E-state index in [1.54, 1.807) is 0 Å². The summed E-state index contributed by atoms with van der Waals surface area (Å²) in [5.74, 6) is 1.76. The van der Waals surface area contributed by atoms with E-state index in [0.717, 1.165) is 50.5 Å². The number of benzene rings is 1. The summed E-state index contributed by atoms with van der Waals surface area (Å²) in [7, 11) is 0. The van der Waals surface area contributed by atoms with E-state index in [1.165, 1.54) is 5.56 Å². The number of hydrogen-bond donors (Lipinski definition) is 1. The van der Waals surface area contributed by atoms with Crippen LogP contribution >= 0.6 is 0 Å². The van der Waals surface area contributed by atoms with Gasteiger partial charge < -0.3 is 14.8 Å². The molecule has 0 saturated heterocycles. The summed E-state index contributed by atoms with van der Waals surface area (Å²) in [6, 6.07) is 6.73. The van der Waals surface area contributed by atoms with Crippen molar-refractivity contribution in [3.8, 4) is 11.5 Å². The Hall–Kier alpha value is -1.22. The van der Waals surface area contributed by atoms with E-state index in [0.29, 0.717) is 6.04 Å². The van der Waals surface area contributed by atoms with Crippen LogP contribution in [0.5, 0.6) is 11.5 Å². The van der Waals surface area contributed by atoms with Crippen molar-refractivity contribution in [3.63, 3.8) is 0 Å². The van der Waals surface area contributed by atoms with Crippen molar-refractivity contribution in [2.75, 3.05) is 19.8 Å². The van der Waals surface area contributed by atoms with Gasteiger partial charge in [0.25, 0.3) is 0 Å². The zero-order valence-electron chi connectivity index (χ0n) is 13.9.